The number of aromatic nitrogens is 1. The molecule has 1 fully saturated rings. The van der Waals surface area contributed by atoms with Crippen molar-refractivity contribution in [1.29, 1.82) is 0 Å². The number of hydrogen-bond acceptors (Lipinski definition) is 3. The SMILES string of the molecule is C[C@@H](NCc1cnco1)C1CCCC1. The summed E-state index contributed by atoms with van der Waals surface area (Å²) in [4.78, 5) is 3.89. The Bertz CT molecular complexity index is 252. The van der Waals surface area contributed by atoms with E-state index in [4.69, 9.17) is 4.42 Å². The first-order valence-electron chi connectivity index (χ1n) is 5.47. The van der Waals surface area contributed by atoms with Gasteiger partial charge in [0.15, 0.2) is 6.39 Å². The Morgan fingerprint density at radius 1 is 1.57 bits per heavy atom. The fraction of sp³-hybridized carbons (Fsp3) is 0.727. The summed E-state index contributed by atoms with van der Waals surface area (Å²) in [5, 5.41) is 3.49. The third-order valence-corrected chi connectivity index (χ3v) is 3.19. The summed E-state index contributed by atoms with van der Waals surface area (Å²) in [7, 11) is 0. The van der Waals surface area contributed by atoms with Gasteiger partial charge in [-0.1, -0.05) is 12.8 Å². The van der Waals surface area contributed by atoms with E-state index in [0.717, 1.165) is 18.2 Å². The summed E-state index contributed by atoms with van der Waals surface area (Å²) in [5.74, 6) is 1.78. The molecule has 1 aromatic heterocycles. The van der Waals surface area contributed by atoms with Gasteiger partial charge in [0.1, 0.15) is 5.76 Å². The second-order valence-corrected chi connectivity index (χ2v) is 4.18. The molecular formula is C11H18N2O. The van der Waals surface area contributed by atoms with Gasteiger partial charge in [-0.15, -0.1) is 0 Å². The highest BCUT2D eigenvalue weighted by Crippen LogP contribution is 2.27. The summed E-state index contributed by atoms with van der Waals surface area (Å²) in [6.45, 7) is 3.07. The monoisotopic (exact) mass is 194 g/mol. The van der Waals surface area contributed by atoms with Crippen LogP contribution in [0.3, 0.4) is 0 Å². The van der Waals surface area contributed by atoms with Crippen LogP contribution in [0, 0.1) is 5.92 Å². The number of nitrogens with one attached hydrogen (secondary N) is 1. The molecule has 1 aliphatic rings. The second-order valence-electron chi connectivity index (χ2n) is 4.18. The predicted molar refractivity (Wildman–Crippen MR) is 54.8 cm³/mol. The highest BCUT2D eigenvalue weighted by atomic mass is 16.3. The first kappa shape index (κ1) is 9.71. The molecule has 1 saturated carbocycles. The van der Waals surface area contributed by atoms with Gasteiger partial charge in [0, 0.05) is 6.04 Å². The van der Waals surface area contributed by atoms with Crippen molar-refractivity contribution in [1.82, 2.24) is 10.3 Å². The molecule has 0 amide bonds. The van der Waals surface area contributed by atoms with E-state index < -0.39 is 0 Å². The van der Waals surface area contributed by atoms with Crippen LogP contribution in [0.25, 0.3) is 0 Å². The largest absolute Gasteiger partial charge is 0.447 e. The van der Waals surface area contributed by atoms with E-state index in [0.29, 0.717) is 6.04 Å². The Morgan fingerprint density at radius 2 is 2.36 bits per heavy atom. The first-order chi connectivity index (χ1) is 6.86. The molecule has 0 unspecified atom stereocenters. The van der Waals surface area contributed by atoms with Crippen LogP contribution in [0.4, 0.5) is 0 Å². The van der Waals surface area contributed by atoms with Crippen molar-refractivity contribution >= 4 is 0 Å². The minimum Gasteiger partial charge on any atom is -0.447 e. The van der Waals surface area contributed by atoms with E-state index >= 15 is 0 Å². The van der Waals surface area contributed by atoms with Crippen LogP contribution in [-0.4, -0.2) is 11.0 Å². The summed E-state index contributed by atoms with van der Waals surface area (Å²) in [6.07, 6.45) is 8.82. The lowest BCUT2D eigenvalue weighted by Gasteiger charge is -2.19. The molecule has 1 atom stereocenters. The smallest absolute Gasteiger partial charge is 0.180 e. The predicted octanol–water partition coefficient (Wildman–Crippen LogP) is 2.34. The molecule has 0 aliphatic heterocycles. The van der Waals surface area contributed by atoms with Crippen molar-refractivity contribution in [3.05, 3.63) is 18.4 Å². The Balaban J connectivity index is 1.74. The van der Waals surface area contributed by atoms with Gasteiger partial charge in [0.2, 0.25) is 0 Å². The molecule has 0 saturated heterocycles. The molecule has 0 spiro atoms. The molecule has 3 heteroatoms. The molecule has 0 radical (unpaired) electrons. The number of nitrogens with zero attached hydrogens (tertiary/aromatic N) is 1. The van der Waals surface area contributed by atoms with Crippen molar-refractivity contribution in [3.63, 3.8) is 0 Å². The van der Waals surface area contributed by atoms with Crippen molar-refractivity contribution < 1.29 is 4.42 Å². The lowest BCUT2D eigenvalue weighted by atomic mass is 10.00. The van der Waals surface area contributed by atoms with Crippen LogP contribution < -0.4 is 5.32 Å². The fourth-order valence-corrected chi connectivity index (χ4v) is 2.22. The van der Waals surface area contributed by atoms with Crippen LogP contribution in [0.2, 0.25) is 0 Å². The van der Waals surface area contributed by atoms with Crippen molar-refractivity contribution in [2.24, 2.45) is 5.92 Å². The molecule has 78 valence electrons. The topological polar surface area (TPSA) is 38.1 Å². The Labute approximate surface area is 84.9 Å². The molecule has 1 heterocycles. The molecule has 1 aromatic rings. The molecule has 14 heavy (non-hydrogen) atoms. The average Bonchev–Trinajstić information content (AvgIpc) is 2.87. The first-order valence-corrected chi connectivity index (χ1v) is 5.47. The van der Waals surface area contributed by atoms with E-state index in [-0.39, 0.29) is 0 Å². The van der Waals surface area contributed by atoms with Gasteiger partial charge in [0.25, 0.3) is 0 Å². The standard InChI is InChI=1S/C11H18N2O/c1-9(10-4-2-3-5-10)13-7-11-6-12-8-14-11/h6,8-10,13H,2-5,7H2,1H3/t9-/m1/s1. The van der Waals surface area contributed by atoms with Crippen LogP contribution >= 0.6 is 0 Å². The van der Waals surface area contributed by atoms with Gasteiger partial charge in [-0.2, -0.15) is 0 Å². The van der Waals surface area contributed by atoms with Gasteiger partial charge in [-0.25, -0.2) is 4.98 Å². The zero-order chi connectivity index (χ0) is 9.80. The van der Waals surface area contributed by atoms with Gasteiger partial charge >= 0.3 is 0 Å². The minimum atomic E-state index is 0.600. The highest BCUT2D eigenvalue weighted by molar-refractivity contribution is 4.88. The van der Waals surface area contributed by atoms with Crippen LogP contribution in [-0.2, 0) is 6.54 Å². The third kappa shape index (κ3) is 2.35. The lowest BCUT2D eigenvalue weighted by Crippen LogP contribution is -2.31. The van der Waals surface area contributed by atoms with Crippen LogP contribution in [0.15, 0.2) is 17.0 Å². The van der Waals surface area contributed by atoms with Gasteiger partial charge in [0.05, 0.1) is 12.7 Å². The summed E-state index contributed by atoms with van der Waals surface area (Å²) in [5.41, 5.74) is 0. The van der Waals surface area contributed by atoms with E-state index in [9.17, 15) is 0 Å². The van der Waals surface area contributed by atoms with Crippen LogP contribution in [0.1, 0.15) is 38.4 Å². The van der Waals surface area contributed by atoms with Crippen molar-refractivity contribution in [2.45, 2.75) is 45.2 Å². The highest BCUT2D eigenvalue weighted by Gasteiger charge is 2.20. The molecule has 2 rings (SSSR count). The summed E-state index contributed by atoms with van der Waals surface area (Å²) in [6, 6.07) is 0.600. The Morgan fingerprint density at radius 3 is 3.00 bits per heavy atom. The Hall–Kier alpha value is -0.830. The fourth-order valence-electron chi connectivity index (χ4n) is 2.22. The molecule has 1 aliphatic carbocycles. The van der Waals surface area contributed by atoms with Gasteiger partial charge < -0.3 is 9.73 Å². The quantitative estimate of drug-likeness (QED) is 0.799. The van der Waals surface area contributed by atoms with Gasteiger partial charge in [-0.3, -0.25) is 0 Å². The maximum atomic E-state index is 5.17. The zero-order valence-electron chi connectivity index (χ0n) is 8.70. The summed E-state index contributed by atoms with van der Waals surface area (Å²) >= 11 is 0. The maximum Gasteiger partial charge on any atom is 0.180 e. The number of hydrogen-bond donors (Lipinski definition) is 1. The van der Waals surface area contributed by atoms with E-state index in [1.165, 1.54) is 32.1 Å². The van der Waals surface area contributed by atoms with Crippen LogP contribution in [0.5, 0.6) is 0 Å². The van der Waals surface area contributed by atoms with E-state index in [1.54, 1.807) is 6.20 Å². The van der Waals surface area contributed by atoms with E-state index in [2.05, 4.69) is 17.2 Å². The van der Waals surface area contributed by atoms with Crippen molar-refractivity contribution in [2.75, 3.05) is 0 Å². The molecule has 3 nitrogen and oxygen atoms in total. The molecule has 1 N–H and O–H groups in total. The second kappa shape index (κ2) is 4.60. The number of rotatable bonds is 4. The average molecular weight is 194 g/mol. The summed E-state index contributed by atoms with van der Waals surface area (Å²) < 4.78 is 5.17. The number of oxazole rings is 1. The molecular weight excluding hydrogens is 176 g/mol. The Kier molecular flexibility index (Phi) is 3.19. The molecule has 0 aromatic carbocycles. The van der Waals surface area contributed by atoms with Crippen molar-refractivity contribution in [3.8, 4) is 0 Å². The normalized spacial score (nSPS) is 20.1. The zero-order valence-corrected chi connectivity index (χ0v) is 8.70. The minimum absolute atomic E-state index is 0.600. The van der Waals surface area contributed by atoms with E-state index in [1.807, 2.05) is 0 Å². The lowest BCUT2D eigenvalue weighted by molar-refractivity contribution is 0.362. The maximum absolute atomic E-state index is 5.17. The molecule has 0 bridgehead atoms. The van der Waals surface area contributed by atoms with Gasteiger partial charge in [-0.05, 0) is 25.7 Å². The third-order valence-electron chi connectivity index (χ3n) is 3.19.